The molecular formula is C21H25N3O. The Morgan fingerprint density at radius 3 is 2.44 bits per heavy atom. The van der Waals surface area contributed by atoms with Crippen molar-refractivity contribution in [1.82, 2.24) is 4.90 Å². The fourth-order valence-electron chi connectivity index (χ4n) is 2.96. The van der Waals surface area contributed by atoms with E-state index in [9.17, 15) is 4.79 Å². The summed E-state index contributed by atoms with van der Waals surface area (Å²) in [6, 6.07) is 16.1. The van der Waals surface area contributed by atoms with Crippen LogP contribution in [0.1, 0.15) is 11.1 Å². The van der Waals surface area contributed by atoms with Gasteiger partial charge in [0.05, 0.1) is 0 Å². The molecule has 1 aliphatic rings. The number of likely N-dealkylation sites (N-methyl/N-ethyl adjacent to an activating group) is 1. The predicted molar refractivity (Wildman–Crippen MR) is 105 cm³/mol. The van der Waals surface area contributed by atoms with Gasteiger partial charge in [-0.3, -0.25) is 4.79 Å². The Morgan fingerprint density at radius 2 is 1.76 bits per heavy atom. The van der Waals surface area contributed by atoms with E-state index in [4.69, 9.17) is 0 Å². The van der Waals surface area contributed by atoms with E-state index in [-0.39, 0.29) is 5.91 Å². The molecule has 0 aliphatic carbocycles. The predicted octanol–water partition coefficient (Wildman–Crippen LogP) is 3.40. The van der Waals surface area contributed by atoms with Crippen molar-refractivity contribution in [1.29, 1.82) is 0 Å². The molecule has 1 aliphatic heterocycles. The second kappa shape index (κ2) is 7.99. The van der Waals surface area contributed by atoms with E-state index in [0.29, 0.717) is 0 Å². The molecule has 3 rings (SSSR count). The van der Waals surface area contributed by atoms with Crippen LogP contribution in [0.15, 0.2) is 54.6 Å². The van der Waals surface area contributed by atoms with Crippen LogP contribution in [0.3, 0.4) is 0 Å². The Kier molecular flexibility index (Phi) is 5.51. The van der Waals surface area contributed by atoms with E-state index in [2.05, 4.69) is 34.3 Å². The summed E-state index contributed by atoms with van der Waals surface area (Å²) in [4.78, 5) is 16.9. The molecule has 1 amide bonds. The number of nitrogens with one attached hydrogen (secondary N) is 1. The lowest BCUT2D eigenvalue weighted by molar-refractivity contribution is -0.111. The van der Waals surface area contributed by atoms with Crippen LogP contribution in [-0.4, -0.2) is 44.0 Å². The summed E-state index contributed by atoms with van der Waals surface area (Å²) in [5.74, 6) is -0.112. The van der Waals surface area contributed by atoms with Gasteiger partial charge in [-0.1, -0.05) is 30.3 Å². The van der Waals surface area contributed by atoms with Gasteiger partial charge in [0, 0.05) is 43.6 Å². The van der Waals surface area contributed by atoms with Crippen LogP contribution < -0.4 is 10.2 Å². The van der Waals surface area contributed by atoms with Gasteiger partial charge in [0.1, 0.15) is 0 Å². The average molecular weight is 335 g/mol. The molecule has 0 aromatic heterocycles. The summed E-state index contributed by atoms with van der Waals surface area (Å²) >= 11 is 0. The van der Waals surface area contributed by atoms with Crippen molar-refractivity contribution in [2.75, 3.05) is 43.4 Å². The molecule has 0 bridgehead atoms. The lowest BCUT2D eigenvalue weighted by Gasteiger charge is -2.34. The highest BCUT2D eigenvalue weighted by Crippen LogP contribution is 2.23. The van der Waals surface area contributed by atoms with Crippen LogP contribution in [0.25, 0.3) is 6.08 Å². The van der Waals surface area contributed by atoms with Gasteiger partial charge in [-0.2, -0.15) is 0 Å². The maximum Gasteiger partial charge on any atom is 0.248 e. The second-order valence-corrected chi connectivity index (χ2v) is 6.52. The number of anilines is 2. The first-order valence-electron chi connectivity index (χ1n) is 8.70. The normalized spacial score (nSPS) is 15.5. The van der Waals surface area contributed by atoms with Crippen LogP contribution in [0.4, 0.5) is 11.4 Å². The first-order chi connectivity index (χ1) is 12.1. The standard InChI is InChI=1S/C21H25N3O/c1-17-16-19(24-14-12-23(2)13-15-24)9-10-20(17)22-21(25)11-8-18-6-4-3-5-7-18/h3-11,16H,12-15H2,1-2H3,(H,22,25)/b11-8+. The van der Waals surface area contributed by atoms with Gasteiger partial charge in [0.2, 0.25) is 5.91 Å². The number of amides is 1. The SMILES string of the molecule is Cc1cc(N2CCN(C)CC2)ccc1NC(=O)/C=C/c1ccccc1. The number of carbonyl (C=O) groups excluding carboxylic acids is 1. The van der Waals surface area contributed by atoms with E-state index in [1.54, 1.807) is 6.08 Å². The molecule has 25 heavy (non-hydrogen) atoms. The van der Waals surface area contributed by atoms with Gasteiger partial charge in [-0.05, 0) is 49.4 Å². The van der Waals surface area contributed by atoms with Gasteiger partial charge >= 0.3 is 0 Å². The molecule has 1 fully saturated rings. The molecule has 0 unspecified atom stereocenters. The number of nitrogens with zero attached hydrogens (tertiary/aromatic N) is 2. The zero-order chi connectivity index (χ0) is 17.6. The van der Waals surface area contributed by atoms with E-state index in [1.165, 1.54) is 5.69 Å². The number of carbonyl (C=O) groups is 1. The molecule has 0 spiro atoms. The Balaban J connectivity index is 1.63. The fourth-order valence-corrected chi connectivity index (χ4v) is 2.96. The molecule has 1 saturated heterocycles. The molecule has 130 valence electrons. The number of benzene rings is 2. The third-order valence-electron chi connectivity index (χ3n) is 4.56. The van der Waals surface area contributed by atoms with E-state index in [1.807, 2.05) is 49.4 Å². The first-order valence-corrected chi connectivity index (χ1v) is 8.70. The van der Waals surface area contributed by atoms with Crippen LogP contribution in [-0.2, 0) is 4.79 Å². The summed E-state index contributed by atoms with van der Waals surface area (Å²) < 4.78 is 0. The largest absolute Gasteiger partial charge is 0.369 e. The summed E-state index contributed by atoms with van der Waals surface area (Å²) in [5, 5.41) is 2.97. The van der Waals surface area contributed by atoms with Crippen LogP contribution in [0.2, 0.25) is 0 Å². The second-order valence-electron chi connectivity index (χ2n) is 6.52. The van der Waals surface area contributed by atoms with Crippen LogP contribution >= 0.6 is 0 Å². The average Bonchev–Trinajstić information content (AvgIpc) is 2.63. The molecular weight excluding hydrogens is 310 g/mol. The topological polar surface area (TPSA) is 35.6 Å². The van der Waals surface area contributed by atoms with Crippen LogP contribution in [0.5, 0.6) is 0 Å². The smallest absolute Gasteiger partial charge is 0.248 e. The maximum absolute atomic E-state index is 12.1. The highest BCUT2D eigenvalue weighted by atomic mass is 16.1. The minimum atomic E-state index is -0.112. The summed E-state index contributed by atoms with van der Waals surface area (Å²) in [5.41, 5.74) is 4.18. The van der Waals surface area contributed by atoms with Crippen molar-refractivity contribution in [3.05, 3.63) is 65.7 Å². The van der Waals surface area contributed by atoms with Crippen molar-refractivity contribution in [2.24, 2.45) is 0 Å². The number of hydrogen-bond donors (Lipinski definition) is 1. The molecule has 1 heterocycles. The molecule has 0 atom stereocenters. The minimum absolute atomic E-state index is 0.112. The van der Waals surface area contributed by atoms with E-state index in [0.717, 1.165) is 43.0 Å². The summed E-state index contributed by atoms with van der Waals surface area (Å²) in [7, 11) is 2.16. The third-order valence-corrected chi connectivity index (χ3v) is 4.56. The Hall–Kier alpha value is -2.59. The first kappa shape index (κ1) is 17.2. The summed E-state index contributed by atoms with van der Waals surface area (Å²) in [6.07, 6.45) is 3.40. The quantitative estimate of drug-likeness (QED) is 0.870. The zero-order valence-corrected chi connectivity index (χ0v) is 14.9. The lowest BCUT2D eigenvalue weighted by Crippen LogP contribution is -2.44. The highest BCUT2D eigenvalue weighted by Gasteiger charge is 2.15. The van der Waals surface area contributed by atoms with Gasteiger partial charge < -0.3 is 15.1 Å². The van der Waals surface area contributed by atoms with Gasteiger partial charge in [0.15, 0.2) is 0 Å². The molecule has 4 heteroatoms. The molecule has 0 radical (unpaired) electrons. The fraction of sp³-hybridized carbons (Fsp3) is 0.286. The van der Waals surface area contributed by atoms with Crippen molar-refractivity contribution >= 4 is 23.4 Å². The van der Waals surface area contributed by atoms with Crippen molar-refractivity contribution in [3.63, 3.8) is 0 Å². The number of piperazine rings is 1. The Morgan fingerprint density at radius 1 is 1.04 bits per heavy atom. The third kappa shape index (κ3) is 4.70. The molecule has 2 aromatic rings. The van der Waals surface area contributed by atoms with E-state index < -0.39 is 0 Å². The Labute approximate surface area is 149 Å². The van der Waals surface area contributed by atoms with Crippen molar-refractivity contribution < 1.29 is 4.79 Å². The maximum atomic E-state index is 12.1. The number of aryl methyl sites for hydroxylation is 1. The molecule has 4 nitrogen and oxygen atoms in total. The van der Waals surface area contributed by atoms with Gasteiger partial charge in [-0.25, -0.2) is 0 Å². The van der Waals surface area contributed by atoms with Gasteiger partial charge in [-0.15, -0.1) is 0 Å². The zero-order valence-electron chi connectivity index (χ0n) is 14.9. The lowest BCUT2D eigenvalue weighted by atomic mass is 10.1. The Bertz CT molecular complexity index is 747. The highest BCUT2D eigenvalue weighted by molar-refractivity contribution is 6.02. The van der Waals surface area contributed by atoms with E-state index >= 15 is 0 Å². The number of hydrogen-bond acceptors (Lipinski definition) is 3. The number of rotatable bonds is 4. The molecule has 0 saturated carbocycles. The van der Waals surface area contributed by atoms with Crippen LogP contribution in [0, 0.1) is 6.92 Å². The molecule has 1 N–H and O–H groups in total. The van der Waals surface area contributed by atoms with Crippen molar-refractivity contribution in [2.45, 2.75) is 6.92 Å². The van der Waals surface area contributed by atoms with Crippen molar-refractivity contribution in [3.8, 4) is 0 Å². The summed E-state index contributed by atoms with van der Waals surface area (Å²) in [6.45, 7) is 6.29. The minimum Gasteiger partial charge on any atom is -0.369 e. The molecule has 2 aromatic carbocycles. The van der Waals surface area contributed by atoms with Gasteiger partial charge in [0.25, 0.3) is 0 Å². The monoisotopic (exact) mass is 335 g/mol.